The Bertz CT molecular complexity index is 902. The highest BCUT2D eigenvalue weighted by Gasteiger charge is 2.23. The second kappa shape index (κ2) is 8.39. The summed E-state index contributed by atoms with van der Waals surface area (Å²) in [6, 6.07) is 8.16. The quantitative estimate of drug-likeness (QED) is 0.628. The molecule has 0 radical (unpaired) electrons. The smallest absolute Gasteiger partial charge is 0.233 e. The largest absolute Gasteiger partial charge is 0.352 e. The third-order valence-corrected chi connectivity index (χ3v) is 7.01. The number of carbonyl (C=O) groups is 1. The molecule has 4 rings (SSSR count). The van der Waals surface area contributed by atoms with E-state index in [1.54, 1.807) is 15.9 Å². The number of fused-ring (bicyclic) bond motifs is 1. The lowest BCUT2D eigenvalue weighted by molar-refractivity contribution is -0.121. The standard InChI is InChI=1S/C19H23N5OS2/c1-2-14(19(25)20-13-7-4-3-5-8-13)27-17-11-10-16-21-22-18(24(16)23-17)15-9-6-12-26-15/h6,9-14H,2-5,7-8H2,1H3,(H,20,25). The number of nitrogens with one attached hydrogen (secondary N) is 1. The molecule has 3 aromatic rings. The number of hydrogen-bond donors (Lipinski definition) is 1. The number of nitrogens with zero attached hydrogens (tertiary/aromatic N) is 4. The highest BCUT2D eigenvalue weighted by Crippen LogP contribution is 2.27. The lowest BCUT2D eigenvalue weighted by Crippen LogP contribution is -2.41. The van der Waals surface area contributed by atoms with Crippen LogP contribution in [-0.4, -0.2) is 37.0 Å². The Hall–Kier alpha value is -1.93. The highest BCUT2D eigenvalue weighted by atomic mass is 32.2. The number of thioether (sulfide) groups is 1. The predicted molar refractivity (Wildman–Crippen MR) is 109 cm³/mol. The second-order valence-corrected chi connectivity index (χ2v) is 8.97. The fourth-order valence-corrected chi connectivity index (χ4v) is 5.01. The Morgan fingerprint density at radius 2 is 2.15 bits per heavy atom. The molecule has 3 aromatic heterocycles. The van der Waals surface area contributed by atoms with Crippen LogP contribution in [0.15, 0.2) is 34.7 Å². The van der Waals surface area contributed by atoms with E-state index >= 15 is 0 Å². The summed E-state index contributed by atoms with van der Waals surface area (Å²) in [5.41, 5.74) is 0.711. The van der Waals surface area contributed by atoms with Crippen molar-refractivity contribution in [3.8, 4) is 10.7 Å². The van der Waals surface area contributed by atoms with Crippen LogP contribution in [0.4, 0.5) is 0 Å². The first-order chi connectivity index (χ1) is 13.2. The van der Waals surface area contributed by atoms with Gasteiger partial charge in [-0.25, -0.2) is 0 Å². The molecule has 0 bridgehead atoms. The summed E-state index contributed by atoms with van der Waals surface area (Å²) in [5, 5.41) is 19.1. The SMILES string of the molecule is CCC(Sc1ccc2nnc(-c3cccs3)n2n1)C(=O)NC1CCCCC1. The molecule has 1 saturated carbocycles. The summed E-state index contributed by atoms with van der Waals surface area (Å²) in [6.07, 6.45) is 6.68. The van der Waals surface area contributed by atoms with Crippen molar-refractivity contribution in [2.24, 2.45) is 0 Å². The van der Waals surface area contributed by atoms with Crippen molar-refractivity contribution in [2.75, 3.05) is 0 Å². The van der Waals surface area contributed by atoms with E-state index in [4.69, 9.17) is 0 Å². The van der Waals surface area contributed by atoms with Crippen LogP contribution in [0.5, 0.6) is 0 Å². The predicted octanol–water partition coefficient (Wildman–Crippen LogP) is 4.17. The summed E-state index contributed by atoms with van der Waals surface area (Å²) in [7, 11) is 0. The zero-order valence-corrected chi connectivity index (χ0v) is 16.9. The topological polar surface area (TPSA) is 72.2 Å². The second-order valence-electron chi connectivity index (χ2n) is 6.80. The molecule has 1 N–H and O–H groups in total. The van der Waals surface area contributed by atoms with Gasteiger partial charge in [0.2, 0.25) is 5.91 Å². The molecule has 1 aliphatic carbocycles. The molecule has 0 spiro atoms. The zero-order valence-electron chi connectivity index (χ0n) is 15.3. The van der Waals surface area contributed by atoms with E-state index in [0.29, 0.717) is 11.7 Å². The van der Waals surface area contributed by atoms with Crippen molar-refractivity contribution in [1.82, 2.24) is 25.1 Å². The molecular weight excluding hydrogens is 378 g/mol. The van der Waals surface area contributed by atoms with Crippen LogP contribution >= 0.6 is 23.1 Å². The monoisotopic (exact) mass is 401 g/mol. The van der Waals surface area contributed by atoms with E-state index in [1.807, 2.05) is 36.6 Å². The van der Waals surface area contributed by atoms with Crippen LogP contribution in [-0.2, 0) is 4.79 Å². The maximum atomic E-state index is 12.7. The summed E-state index contributed by atoms with van der Waals surface area (Å²) in [6.45, 7) is 2.05. The summed E-state index contributed by atoms with van der Waals surface area (Å²) < 4.78 is 1.76. The van der Waals surface area contributed by atoms with E-state index in [2.05, 4.69) is 20.6 Å². The van der Waals surface area contributed by atoms with Gasteiger partial charge in [0.05, 0.1) is 10.1 Å². The van der Waals surface area contributed by atoms with Crippen molar-refractivity contribution in [2.45, 2.75) is 61.8 Å². The lowest BCUT2D eigenvalue weighted by Gasteiger charge is -2.25. The molecule has 6 nitrogen and oxygen atoms in total. The van der Waals surface area contributed by atoms with Crippen LogP contribution in [0, 0.1) is 0 Å². The molecule has 1 amide bonds. The molecule has 27 heavy (non-hydrogen) atoms. The van der Waals surface area contributed by atoms with Gasteiger partial charge in [-0.1, -0.05) is 44.0 Å². The van der Waals surface area contributed by atoms with Crippen molar-refractivity contribution in [3.63, 3.8) is 0 Å². The fraction of sp³-hybridized carbons (Fsp3) is 0.474. The number of amides is 1. The molecule has 0 aliphatic heterocycles. The summed E-state index contributed by atoms with van der Waals surface area (Å²) in [4.78, 5) is 13.8. The molecule has 3 heterocycles. The Kier molecular flexibility index (Phi) is 5.73. The minimum Gasteiger partial charge on any atom is -0.352 e. The van der Waals surface area contributed by atoms with Gasteiger partial charge in [-0.15, -0.1) is 21.5 Å². The first-order valence-electron chi connectivity index (χ1n) is 9.48. The first kappa shape index (κ1) is 18.4. The molecule has 0 aromatic carbocycles. The minimum atomic E-state index is -0.140. The normalized spacial score (nSPS) is 16.5. The Balaban J connectivity index is 1.50. The van der Waals surface area contributed by atoms with Crippen molar-refractivity contribution in [1.29, 1.82) is 0 Å². The van der Waals surface area contributed by atoms with Gasteiger partial charge >= 0.3 is 0 Å². The van der Waals surface area contributed by atoms with Crippen molar-refractivity contribution in [3.05, 3.63) is 29.6 Å². The number of thiophene rings is 1. The first-order valence-corrected chi connectivity index (χ1v) is 11.2. The van der Waals surface area contributed by atoms with Gasteiger partial charge in [0.15, 0.2) is 11.5 Å². The maximum Gasteiger partial charge on any atom is 0.233 e. The van der Waals surface area contributed by atoms with Crippen LogP contribution in [0.3, 0.4) is 0 Å². The van der Waals surface area contributed by atoms with Crippen LogP contribution < -0.4 is 5.32 Å². The number of hydrogen-bond acceptors (Lipinski definition) is 6. The third kappa shape index (κ3) is 4.16. The average Bonchev–Trinajstić information content (AvgIpc) is 3.36. The van der Waals surface area contributed by atoms with E-state index in [0.717, 1.165) is 35.0 Å². The van der Waals surface area contributed by atoms with Crippen LogP contribution in [0.25, 0.3) is 16.3 Å². The number of rotatable bonds is 6. The Labute approximate surface area is 166 Å². The Morgan fingerprint density at radius 3 is 2.89 bits per heavy atom. The summed E-state index contributed by atoms with van der Waals surface area (Å²) >= 11 is 3.12. The molecular formula is C19H23N5OS2. The molecule has 0 saturated heterocycles. The average molecular weight is 402 g/mol. The van der Waals surface area contributed by atoms with E-state index < -0.39 is 0 Å². The minimum absolute atomic E-state index is 0.124. The van der Waals surface area contributed by atoms with Gasteiger partial charge in [0, 0.05) is 6.04 Å². The summed E-state index contributed by atoms with van der Waals surface area (Å²) in [5.74, 6) is 0.862. The molecule has 142 valence electrons. The molecule has 8 heteroatoms. The van der Waals surface area contributed by atoms with E-state index in [-0.39, 0.29) is 11.2 Å². The van der Waals surface area contributed by atoms with Crippen LogP contribution in [0.2, 0.25) is 0 Å². The van der Waals surface area contributed by atoms with Gasteiger partial charge in [-0.05, 0) is 42.8 Å². The fourth-order valence-electron chi connectivity index (χ4n) is 3.40. The molecule has 1 aliphatic rings. The maximum absolute atomic E-state index is 12.7. The Morgan fingerprint density at radius 1 is 1.30 bits per heavy atom. The van der Waals surface area contributed by atoms with Gasteiger partial charge in [0.1, 0.15) is 5.03 Å². The molecule has 1 fully saturated rings. The van der Waals surface area contributed by atoms with Gasteiger partial charge < -0.3 is 5.32 Å². The highest BCUT2D eigenvalue weighted by molar-refractivity contribution is 8.00. The van der Waals surface area contributed by atoms with Crippen LogP contribution in [0.1, 0.15) is 45.4 Å². The third-order valence-electron chi connectivity index (χ3n) is 4.86. The van der Waals surface area contributed by atoms with Gasteiger partial charge in [0.25, 0.3) is 0 Å². The lowest BCUT2D eigenvalue weighted by atomic mass is 9.95. The van der Waals surface area contributed by atoms with E-state index in [1.165, 1.54) is 31.0 Å². The van der Waals surface area contributed by atoms with Crippen molar-refractivity contribution >= 4 is 34.7 Å². The number of aromatic nitrogens is 4. The molecule has 1 atom stereocenters. The van der Waals surface area contributed by atoms with E-state index in [9.17, 15) is 4.79 Å². The van der Waals surface area contributed by atoms with Gasteiger partial charge in [-0.2, -0.15) is 9.61 Å². The van der Waals surface area contributed by atoms with Crippen molar-refractivity contribution < 1.29 is 4.79 Å². The zero-order chi connectivity index (χ0) is 18.6. The number of carbonyl (C=O) groups excluding carboxylic acids is 1. The van der Waals surface area contributed by atoms with Gasteiger partial charge in [-0.3, -0.25) is 4.79 Å². The molecule has 1 unspecified atom stereocenters.